The topological polar surface area (TPSA) is 99.1 Å². The summed E-state index contributed by atoms with van der Waals surface area (Å²) in [5, 5.41) is 0. The quantitative estimate of drug-likeness (QED) is 0.461. The van der Waals surface area contributed by atoms with Crippen molar-refractivity contribution in [3.63, 3.8) is 0 Å². The molecular weight excluding hydrogens is 286 g/mol. The zero-order chi connectivity index (χ0) is 15.3. The van der Waals surface area contributed by atoms with Crippen LogP contribution in [0.2, 0.25) is 0 Å². The van der Waals surface area contributed by atoms with Crippen LogP contribution in [0.5, 0.6) is 5.75 Å². The van der Waals surface area contributed by atoms with Crippen LogP contribution in [0.3, 0.4) is 0 Å². The minimum absolute atomic E-state index is 0.0564. The van der Waals surface area contributed by atoms with Crippen molar-refractivity contribution in [2.75, 3.05) is 20.0 Å². The summed E-state index contributed by atoms with van der Waals surface area (Å²) in [5.74, 6) is -0.904. The maximum Gasteiger partial charge on any atom is 0.341 e. The molecule has 0 atom stereocenters. The number of benzene rings is 1. The first-order valence-electron chi connectivity index (χ1n) is 5.52. The Morgan fingerprint density at radius 2 is 2.00 bits per heavy atom. The summed E-state index contributed by atoms with van der Waals surface area (Å²) in [5.41, 5.74) is -0.196. The SMILES string of the molecule is CCS(=O)(=O)c1cc(C(=O)OC)c(OC)cc1N=C=O. The standard InChI is InChI=1S/C12H13NO6S/c1-4-20(16,17)11-5-8(12(15)19-3)10(18-2)6-9(11)13-7-14/h5-6H,4H2,1-3H3. The average molecular weight is 299 g/mol. The number of esters is 1. The third kappa shape index (κ3) is 3.04. The molecule has 8 heteroatoms. The molecule has 0 aromatic heterocycles. The van der Waals surface area contributed by atoms with E-state index in [-0.39, 0.29) is 27.6 Å². The molecule has 0 amide bonds. The summed E-state index contributed by atoms with van der Waals surface area (Å²) in [4.78, 5) is 25.1. The second-order valence-electron chi connectivity index (χ2n) is 3.62. The van der Waals surface area contributed by atoms with Crippen molar-refractivity contribution >= 4 is 27.6 Å². The number of hydrogen-bond donors (Lipinski definition) is 0. The number of isocyanates is 1. The molecule has 7 nitrogen and oxygen atoms in total. The summed E-state index contributed by atoms with van der Waals surface area (Å²) >= 11 is 0. The van der Waals surface area contributed by atoms with Gasteiger partial charge in [0.1, 0.15) is 11.3 Å². The van der Waals surface area contributed by atoms with Gasteiger partial charge >= 0.3 is 5.97 Å². The van der Waals surface area contributed by atoms with Crippen LogP contribution < -0.4 is 4.74 Å². The van der Waals surface area contributed by atoms with E-state index in [1.165, 1.54) is 26.2 Å². The number of methoxy groups -OCH3 is 2. The molecule has 0 heterocycles. The van der Waals surface area contributed by atoms with Gasteiger partial charge in [-0.3, -0.25) is 0 Å². The molecule has 1 rings (SSSR count). The van der Waals surface area contributed by atoms with E-state index < -0.39 is 15.8 Å². The highest BCUT2D eigenvalue weighted by atomic mass is 32.2. The van der Waals surface area contributed by atoms with E-state index in [0.717, 1.165) is 13.2 Å². The molecule has 0 aliphatic rings. The van der Waals surface area contributed by atoms with E-state index in [0.29, 0.717) is 0 Å². The van der Waals surface area contributed by atoms with Crippen molar-refractivity contribution in [3.05, 3.63) is 17.7 Å². The van der Waals surface area contributed by atoms with Gasteiger partial charge in [-0.1, -0.05) is 6.92 Å². The molecule has 1 aromatic carbocycles. The molecule has 0 saturated heterocycles. The minimum Gasteiger partial charge on any atom is -0.496 e. The Morgan fingerprint density at radius 3 is 2.45 bits per heavy atom. The maximum absolute atomic E-state index is 12.0. The Hall–Kier alpha value is -2.18. The number of rotatable bonds is 5. The van der Waals surface area contributed by atoms with Crippen LogP contribution in [0, 0.1) is 0 Å². The lowest BCUT2D eigenvalue weighted by Crippen LogP contribution is -2.09. The van der Waals surface area contributed by atoms with Crippen molar-refractivity contribution < 1.29 is 27.5 Å². The molecule has 0 bridgehead atoms. The summed E-state index contributed by atoms with van der Waals surface area (Å²) in [7, 11) is -1.22. The van der Waals surface area contributed by atoms with Gasteiger partial charge in [0.2, 0.25) is 6.08 Å². The number of sulfone groups is 1. The largest absolute Gasteiger partial charge is 0.496 e. The Morgan fingerprint density at radius 1 is 1.35 bits per heavy atom. The molecule has 0 N–H and O–H groups in total. The lowest BCUT2D eigenvalue weighted by molar-refractivity contribution is 0.0597. The van der Waals surface area contributed by atoms with E-state index in [4.69, 9.17) is 4.74 Å². The van der Waals surface area contributed by atoms with E-state index >= 15 is 0 Å². The predicted octanol–water partition coefficient (Wildman–Crippen LogP) is 1.24. The van der Waals surface area contributed by atoms with Gasteiger partial charge < -0.3 is 9.47 Å². The van der Waals surface area contributed by atoms with Crippen LogP contribution in [0.4, 0.5) is 5.69 Å². The van der Waals surface area contributed by atoms with Gasteiger partial charge in [0, 0.05) is 6.07 Å². The molecule has 0 saturated carbocycles. The van der Waals surface area contributed by atoms with Crippen LogP contribution >= 0.6 is 0 Å². The van der Waals surface area contributed by atoms with Gasteiger partial charge in [0.05, 0.1) is 30.6 Å². The fourth-order valence-corrected chi connectivity index (χ4v) is 2.56. The fourth-order valence-electron chi connectivity index (χ4n) is 1.53. The zero-order valence-electron chi connectivity index (χ0n) is 11.2. The average Bonchev–Trinajstić information content (AvgIpc) is 2.46. The maximum atomic E-state index is 12.0. The van der Waals surface area contributed by atoms with Gasteiger partial charge in [0.15, 0.2) is 9.84 Å². The van der Waals surface area contributed by atoms with Crippen LogP contribution in [0.25, 0.3) is 0 Å². The van der Waals surface area contributed by atoms with Gasteiger partial charge in [-0.05, 0) is 6.07 Å². The summed E-state index contributed by atoms with van der Waals surface area (Å²) in [6.07, 6.45) is 1.27. The monoisotopic (exact) mass is 299 g/mol. The molecule has 0 radical (unpaired) electrons. The molecule has 20 heavy (non-hydrogen) atoms. The Kier molecular flexibility index (Phi) is 5.01. The molecule has 0 unspecified atom stereocenters. The van der Waals surface area contributed by atoms with Crippen LogP contribution in [-0.2, 0) is 19.4 Å². The Balaban J connectivity index is 3.72. The molecule has 0 fully saturated rings. The van der Waals surface area contributed by atoms with Crippen molar-refractivity contribution in [2.24, 2.45) is 4.99 Å². The highest BCUT2D eigenvalue weighted by molar-refractivity contribution is 7.91. The number of ether oxygens (including phenoxy) is 2. The van der Waals surface area contributed by atoms with Crippen LogP contribution in [0.1, 0.15) is 17.3 Å². The van der Waals surface area contributed by atoms with E-state index in [2.05, 4.69) is 9.73 Å². The van der Waals surface area contributed by atoms with Crippen LogP contribution in [-0.4, -0.2) is 40.4 Å². The zero-order valence-corrected chi connectivity index (χ0v) is 12.0. The number of nitrogens with zero attached hydrogens (tertiary/aromatic N) is 1. The van der Waals surface area contributed by atoms with Crippen molar-refractivity contribution in [2.45, 2.75) is 11.8 Å². The second kappa shape index (κ2) is 6.31. The molecule has 0 aliphatic carbocycles. The molecule has 108 valence electrons. The number of carbonyl (C=O) groups excluding carboxylic acids is 2. The molecule has 1 aromatic rings. The first-order chi connectivity index (χ1) is 9.41. The molecular formula is C12H13NO6S. The minimum atomic E-state index is -3.68. The highest BCUT2D eigenvalue weighted by Gasteiger charge is 2.23. The summed E-state index contributed by atoms with van der Waals surface area (Å²) in [6.45, 7) is 1.44. The van der Waals surface area contributed by atoms with Gasteiger partial charge in [-0.25, -0.2) is 18.0 Å². The Bertz CT molecular complexity index is 673. The summed E-state index contributed by atoms with van der Waals surface area (Å²) < 4.78 is 33.5. The van der Waals surface area contributed by atoms with E-state index in [9.17, 15) is 18.0 Å². The first-order valence-corrected chi connectivity index (χ1v) is 7.17. The normalized spacial score (nSPS) is 10.6. The lowest BCUT2D eigenvalue weighted by atomic mass is 10.2. The van der Waals surface area contributed by atoms with E-state index in [1.54, 1.807) is 0 Å². The third-order valence-electron chi connectivity index (χ3n) is 2.57. The number of hydrogen-bond acceptors (Lipinski definition) is 7. The Labute approximate surface area is 116 Å². The summed E-state index contributed by atoms with van der Waals surface area (Å²) in [6, 6.07) is 2.26. The van der Waals surface area contributed by atoms with Gasteiger partial charge in [0.25, 0.3) is 0 Å². The second-order valence-corrected chi connectivity index (χ2v) is 5.86. The van der Waals surface area contributed by atoms with Crippen LogP contribution in [0.15, 0.2) is 22.0 Å². The fraction of sp³-hybridized carbons (Fsp3) is 0.333. The first kappa shape index (κ1) is 15.9. The number of carbonyl (C=O) groups is 1. The van der Waals surface area contributed by atoms with E-state index in [1.807, 2.05) is 0 Å². The third-order valence-corrected chi connectivity index (χ3v) is 4.32. The smallest absolute Gasteiger partial charge is 0.341 e. The highest BCUT2D eigenvalue weighted by Crippen LogP contribution is 2.33. The van der Waals surface area contributed by atoms with Gasteiger partial charge in [-0.15, -0.1) is 0 Å². The van der Waals surface area contributed by atoms with Crippen molar-refractivity contribution in [1.29, 1.82) is 0 Å². The number of aliphatic imine (C=N–C) groups is 1. The molecule has 0 spiro atoms. The van der Waals surface area contributed by atoms with Crippen molar-refractivity contribution in [3.8, 4) is 5.75 Å². The molecule has 0 aliphatic heterocycles. The van der Waals surface area contributed by atoms with Crippen molar-refractivity contribution in [1.82, 2.24) is 0 Å². The predicted molar refractivity (Wildman–Crippen MR) is 69.8 cm³/mol. The lowest BCUT2D eigenvalue weighted by Gasteiger charge is -2.11. The van der Waals surface area contributed by atoms with Gasteiger partial charge in [-0.2, -0.15) is 4.99 Å².